The molecule has 6 nitrogen and oxygen atoms in total. The molecule has 0 aliphatic rings. The van der Waals surface area contributed by atoms with Crippen molar-refractivity contribution in [2.45, 2.75) is 66.4 Å². The molecule has 0 aliphatic carbocycles. The van der Waals surface area contributed by atoms with E-state index in [-0.39, 0.29) is 19.6 Å². The van der Waals surface area contributed by atoms with E-state index >= 15 is 0 Å². The number of rotatable bonds is 8. The number of hydrogen-bond donors (Lipinski definition) is 0. The smallest absolute Gasteiger partial charge is 0.324 e. The topological polar surface area (TPSA) is 78.9 Å². The minimum absolute atomic E-state index is 0.0307. The first-order chi connectivity index (χ1) is 13.0. The lowest BCUT2D eigenvalue weighted by Gasteiger charge is -2.36. The number of aryl methyl sites for hydroxylation is 1. The Morgan fingerprint density at radius 3 is 1.82 bits per heavy atom. The molecule has 0 heterocycles. The highest BCUT2D eigenvalue weighted by molar-refractivity contribution is 6.06. The van der Waals surface area contributed by atoms with Gasteiger partial charge in [0.15, 0.2) is 5.41 Å². The number of ether oxygens (including phenoxy) is 3. The number of carbonyl (C=O) groups is 3. The Labute approximate surface area is 167 Å². The van der Waals surface area contributed by atoms with Gasteiger partial charge in [-0.15, -0.1) is 0 Å². The van der Waals surface area contributed by atoms with Gasteiger partial charge in [-0.3, -0.25) is 14.4 Å². The molecule has 0 saturated heterocycles. The third kappa shape index (κ3) is 5.12. The zero-order valence-electron chi connectivity index (χ0n) is 18.0. The third-order valence-corrected chi connectivity index (χ3v) is 4.47. The molecule has 1 atom stereocenters. The van der Waals surface area contributed by atoms with E-state index in [4.69, 9.17) is 14.2 Å². The maximum atomic E-state index is 13.3. The van der Waals surface area contributed by atoms with Gasteiger partial charge in [0.05, 0.1) is 13.2 Å². The second-order valence-electron chi connectivity index (χ2n) is 7.59. The molecule has 28 heavy (non-hydrogen) atoms. The molecule has 1 rings (SSSR count). The Morgan fingerprint density at radius 2 is 1.43 bits per heavy atom. The summed E-state index contributed by atoms with van der Waals surface area (Å²) in [5, 5.41) is 0. The molecule has 0 saturated carbocycles. The van der Waals surface area contributed by atoms with E-state index in [1.54, 1.807) is 53.7 Å². The summed E-state index contributed by atoms with van der Waals surface area (Å²) in [5.41, 5.74) is -1.31. The van der Waals surface area contributed by atoms with Crippen LogP contribution in [0, 0.1) is 12.3 Å². The van der Waals surface area contributed by atoms with Crippen molar-refractivity contribution in [3.63, 3.8) is 0 Å². The third-order valence-electron chi connectivity index (χ3n) is 4.47. The Balaban J connectivity index is 3.75. The number of esters is 3. The quantitative estimate of drug-likeness (QED) is 0.379. The van der Waals surface area contributed by atoms with Crippen molar-refractivity contribution in [1.29, 1.82) is 0 Å². The molecule has 1 aromatic rings. The zero-order valence-corrected chi connectivity index (χ0v) is 18.0. The minimum Gasteiger partial charge on any atom is -0.465 e. The van der Waals surface area contributed by atoms with Crippen LogP contribution in [0.4, 0.5) is 0 Å². The van der Waals surface area contributed by atoms with Crippen LogP contribution in [0.2, 0.25) is 0 Å². The average molecular weight is 392 g/mol. The fraction of sp³-hybridized carbons (Fsp3) is 0.591. The van der Waals surface area contributed by atoms with Crippen molar-refractivity contribution >= 4 is 17.9 Å². The molecular formula is C22H32O6. The summed E-state index contributed by atoms with van der Waals surface area (Å²) in [7, 11) is 0. The summed E-state index contributed by atoms with van der Waals surface area (Å²) in [6.07, 6.45) is 0.0307. The normalized spacial score (nSPS) is 12.8. The Bertz CT molecular complexity index is 683. The van der Waals surface area contributed by atoms with Crippen molar-refractivity contribution < 1.29 is 28.6 Å². The van der Waals surface area contributed by atoms with Crippen molar-refractivity contribution in [2.24, 2.45) is 5.41 Å². The molecule has 6 heteroatoms. The van der Waals surface area contributed by atoms with E-state index in [2.05, 4.69) is 0 Å². The predicted molar refractivity (Wildman–Crippen MR) is 106 cm³/mol. The second-order valence-corrected chi connectivity index (χ2v) is 7.59. The van der Waals surface area contributed by atoms with Crippen molar-refractivity contribution in [3.8, 4) is 0 Å². The molecule has 0 amide bonds. The van der Waals surface area contributed by atoms with Crippen LogP contribution in [0.1, 0.15) is 65.0 Å². The van der Waals surface area contributed by atoms with Crippen LogP contribution in [0.15, 0.2) is 24.3 Å². The largest absolute Gasteiger partial charge is 0.465 e. The van der Waals surface area contributed by atoms with Crippen molar-refractivity contribution in [2.75, 3.05) is 13.2 Å². The molecule has 0 radical (unpaired) electrons. The molecule has 0 fully saturated rings. The van der Waals surface area contributed by atoms with Crippen LogP contribution in [0.5, 0.6) is 0 Å². The fourth-order valence-electron chi connectivity index (χ4n) is 3.20. The van der Waals surface area contributed by atoms with E-state index in [1.807, 2.05) is 19.1 Å². The maximum absolute atomic E-state index is 13.3. The molecule has 1 aromatic carbocycles. The molecule has 0 bridgehead atoms. The van der Waals surface area contributed by atoms with Gasteiger partial charge < -0.3 is 14.2 Å². The summed E-state index contributed by atoms with van der Waals surface area (Å²) in [4.78, 5) is 39.5. The molecule has 0 unspecified atom stereocenters. The van der Waals surface area contributed by atoms with Gasteiger partial charge in [-0.2, -0.15) is 0 Å². The number of carbonyl (C=O) groups excluding carboxylic acids is 3. The van der Waals surface area contributed by atoms with E-state index in [1.165, 1.54) is 0 Å². The second kappa shape index (κ2) is 9.71. The van der Waals surface area contributed by atoms with Crippen LogP contribution >= 0.6 is 0 Å². The monoisotopic (exact) mass is 392 g/mol. The highest BCUT2D eigenvalue weighted by Gasteiger charge is 2.58. The summed E-state index contributed by atoms with van der Waals surface area (Å²) < 4.78 is 16.1. The molecule has 0 N–H and O–H groups in total. The number of benzene rings is 1. The van der Waals surface area contributed by atoms with E-state index in [9.17, 15) is 14.4 Å². The van der Waals surface area contributed by atoms with Crippen LogP contribution in [0.3, 0.4) is 0 Å². The first-order valence-electron chi connectivity index (χ1n) is 9.67. The summed E-state index contributed by atoms with van der Waals surface area (Å²) in [6, 6.07) is 7.14. The van der Waals surface area contributed by atoms with Crippen LogP contribution in [-0.2, 0) is 28.6 Å². The van der Waals surface area contributed by atoms with Crippen LogP contribution < -0.4 is 0 Å². The fourth-order valence-corrected chi connectivity index (χ4v) is 3.20. The SMILES string of the molecule is CCOC(=O)C(CC)(C(=O)OCC)[C@@H](C(=O)OC(C)(C)C)c1ccccc1C. The Morgan fingerprint density at radius 1 is 0.929 bits per heavy atom. The molecule has 0 aromatic heterocycles. The lowest BCUT2D eigenvalue weighted by Crippen LogP contribution is -2.50. The van der Waals surface area contributed by atoms with E-state index < -0.39 is 34.8 Å². The van der Waals surface area contributed by atoms with E-state index in [0.717, 1.165) is 5.56 Å². The van der Waals surface area contributed by atoms with Gasteiger partial charge in [0.1, 0.15) is 11.5 Å². The van der Waals surface area contributed by atoms with Gasteiger partial charge in [0, 0.05) is 0 Å². The van der Waals surface area contributed by atoms with Gasteiger partial charge in [0.25, 0.3) is 0 Å². The van der Waals surface area contributed by atoms with Gasteiger partial charge in [-0.05, 0) is 59.1 Å². The van der Waals surface area contributed by atoms with Crippen molar-refractivity contribution in [1.82, 2.24) is 0 Å². The van der Waals surface area contributed by atoms with E-state index in [0.29, 0.717) is 5.56 Å². The standard InChI is InChI=1S/C22H32O6/c1-8-22(19(24)26-9-2,20(25)27-10-3)17(18(23)28-21(5,6)7)16-14-12-11-13-15(16)4/h11-14,17H,8-10H2,1-7H3/t17-/m1/s1. The highest BCUT2D eigenvalue weighted by Crippen LogP contribution is 2.44. The Hall–Kier alpha value is -2.37. The maximum Gasteiger partial charge on any atom is 0.324 e. The lowest BCUT2D eigenvalue weighted by molar-refractivity contribution is -0.183. The summed E-state index contributed by atoms with van der Waals surface area (Å²) in [6.45, 7) is 12.2. The molecule has 0 spiro atoms. The van der Waals surface area contributed by atoms with Gasteiger partial charge >= 0.3 is 17.9 Å². The number of hydrogen-bond acceptors (Lipinski definition) is 6. The first kappa shape index (κ1) is 23.7. The summed E-state index contributed by atoms with van der Waals surface area (Å²) >= 11 is 0. The molecule has 0 aliphatic heterocycles. The van der Waals surface area contributed by atoms with Gasteiger partial charge in [0.2, 0.25) is 0 Å². The molecular weight excluding hydrogens is 360 g/mol. The first-order valence-corrected chi connectivity index (χ1v) is 9.67. The van der Waals surface area contributed by atoms with Crippen LogP contribution in [-0.4, -0.2) is 36.7 Å². The predicted octanol–water partition coefficient (Wildman–Crippen LogP) is 3.94. The summed E-state index contributed by atoms with van der Waals surface area (Å²) in [5.74, 6) is -3.41. The minimum atomic E-state index is -1.83. The van der Waals surface area contributed by atoms with Crippen LogP contribution in [0.25, 0.3) is 0 Å². The highest BCUT2D eigenvalue weighted by atomic mass is 16.6. The Kier molecular flexibility index (Phi) is 8.21. The van der Waals surface area contributed by atoms with Crippen molar-refractivity contribution in [3.05, 3.63) is 35.4 Å². The lowest BCUT2D eigenvalue weighted by atomic mass is 9.69. The molecule has 156 valence electrons. The van der Waals surface area contributed by atoms with Gasteiger partial charge in [-0.25, -0.2) is 0 Å². The van der Waals surface area contributed by atoms with Gasteiger partial charge in [-0.1, -0.05) is 31.2 Å². The zero-order chi connectivity index (χ0) is 21.5. The average Bonchev–Trinajstić information content (AvgIpc) is 2.59.